The summed E-state index contributed by atoms with van der Waals surface area (Å²) in [7, 11) is 0. The molecular formula is C9H7N4O2+. The molecule has 0 radical (unpaired) electrons. The summed E-state index contributed by atoms with van der Waals surface area (Å²) in [4.78, 5) is 15.1. The minimum Gasteiger partial charge on any atom is -0.427 e. The molecule has 0 saturated carbocycles. The van der Waals surface area contributed by atoms with Crippen LogP contribution in [0.1, 0.15) is 0 Å². The molecule has 0 saturated heterocycles. The number of hydrazine groups is 1. The minimum absolute atomic E-state index is 0.623. The Morgan fingerprint density at radius 1 is 1.47 bits per heavy atom. The molecule has 0 unspecified atom stereocenters. The van der Waals surface area contributed by atoms with Gasteiger partial charge in [0.05, 0.1) is 5.69 Å². The third-order valence-electron chi connectivity index (χ3n) is 2.28. The van der Waals surface area contributed by atoms with Crippen molar-refractivity contribution >= 4 is 29.0 Å². The summed E-state index contributed by atoms with van der Waals surface area (Å²) in [6.45, 7) is 0. The topological polar surface area (TPSA) is 78.1 Å². The molecule has 0 fully saturated rings. The number of hydrogen-bond donors (Lipinski definition) is 3. The van der Waals surface area contributed by atoms with Gasteiger partial charge in [0.25, 0.3) is 0 Å². The van der Waals surface area contributed by atoms with Crippen molar-refractivity contribution in [3.8, 4) is 0 Å². The number of carboxylic acid groups (broad SMARTS) is 1. The highest BCUT2D eigenvalue weighted by Crippen LogP contribution is 2.08. The van der Waals surface area contributed by atoms with Gasteiger partial charge in [-0.15, -0.1) is 0 Å². The Bertz CT molecular complexity index is 623. The zero-order valence-corrected chi connectivity index (χ0v) is 7.56. The van der Waals surface area contributed by atoms with Crippen molar-refractivity contribution in [1.82, 2.24) is 10.4 Å². The van der Waals surface area contributed by atoms with Crippen LogP contribution in [-0.2, 0) is 0 Å². The molecule has 0 spiro atoms. The molecule has 2 aromatic rings. The van der Waals surface area contributed by atoms with E-state index in [1.165, 1.54) is 12.4 Å². The lowest BCUT2D eigenvalue weighted by Crippen LogP contribution is -2.41. The smallest absolute Gasteiger partial charge is 0.427 e. The summed E-state index contributed by atoms with van der Waals surface area (Å²) >= 11 is 0. The molecule has 6 heteroatoms. The first kappa shape index (κ1) is 7.98. The van der Waals surface area contributed by atoms with Crippen molar-refractivity contribution < 1.29 is 14.5 Å². The highest BCUT2D eigenvalue weighted by Gasteiger charge is 2.16. The summed E-state index contributed by atoms with van der Waals surface area (Å²) in [5.74, 6) is 0. The van der Waals surface area contributed by atoms with Crippen LogP contribution in [0.4, 0.5) is 10.5 Å². The van der Waals surface area contributed by atoms with Gasteiger partial charge < -0.3 is 16.0 Å². The van der Waals surface area contributed by atoms with Crippen molar-refractivity contribution in [3.63, 3.8) is 0 Å². The van der Waals surface area contributed by atoms with Gasteiger partial charge >= 0.3 is 6.09 Å². The Balaban J connectivity index is 2.41. The summed E-state index contributed by atoms with van der Waals surface area (Å²) in [6, 6.07) is 1.79. The molecule has 2 aromatic heterocycles. The van der Waals surface area contributed by atoms with Crippen molar-refractivity contribution in [2.75, 3.05) is 5.43 Å². The number of nitrogens with zero attached hydrogens (tertiary/aromatic N) is 2. The van der Waals surface area contributed by atoms with Crippen LogP contribution < -0.4 is 20.6 Å². The van der Waals surface area contributed by atoms with E-state index in [-0.39, 0.29) is 0 Å². The number of fused-ring (bicyclic) bond motifs is 4. The number of aromatic nitrogens is 2. The third-order valence-corrected chi connectivity index (χ3v) is 2.28. The lowest BCUT2D eigenvalue weighted by Gasteiger charge is -1.99. The first-order valence-corrected chi connectivity index (χ1v) is 4.35. The van der Waals surface area contributed by atoms with Crippen molar-refractivity contribution in [1.29, 1.82) is 0 Å². The number of hydrogen-bond acceptors (Lipinski definition) is 4. The van der Waals surface area contributed by atoms with E-state index >= 15 is 0 Å². The Labute approximate surface area is 83.8 Å². The molecule has 3 N–H and O–H groups in total. The molecular weight excluding hydrogens is 196 g/mol. The molecule has 0 atom stereocenters. The van der Waals surface area contributed by atoms with Crippen LogP contribution in [0.3, 0.4) is 0 Å². The average molecular weight is 203 g/mol. The highest BCUT2D eigenvalue weighted by molar-refractivity contribution is 5.72. The molecule has 6 nitrogen and oxygen atoms in total. The quantitative estimate of drug-likeness (QED) is 0.500. The van der Waals surface area contributed by atoms with Crippen molar-refractivity contribution in [2.24, 2.45) is 0 Å². The maximum Gasteiger partial charge on any atom is 0.599 e. The number of anilines is 1. The van der Waals surface area contributed by atoms with E-state index in [1.807, 2.05) is 0 Å². The molecule has 74 valence electrons. The van der Waals surface area contributed by atoms with Crippen LogP contribution >= 0.6 is 0 Å². The molecule has 0 amide bonds. The minimum atomic E-state index is -1.02. The lowest BCUT2D eigenvalue weighted by molar-refractivity contribution is -0.582. The second-order valence-corrected chi connectivity index (χ2v) is 3.26. The number of pyridine rings is 1. The normalized spacial score (nSPS) is 12.8. The van der Waals surface area contributed by atoms with Gasteiger partial charge in [0.1, 0.15) is 11.0 Å². The van der Waals surface area contributed by atoms with Gasteiger partial charge in [0, 0.05) is 11.4 Å². The molecule has 2 bridgehead atoms. The zero-order valence-electron chi connectivity index (χ0n) is 7.56. The highest BCUT2D eigenvalue weighted by atomic mass is 16.4. The summed E-state index contributed by atoms with van der Waals surface area (Å²) in [5, 5.41) is 9.73. The summed E-state index contributed by atoms with van der Waals surface area (Å²) in [5.41, 5.74) is 7.97. The molecule has 0 aromatic carbocycles. The summed E-state index contributed by atoms with van der Waals surface area (Å²) < 4.78 is 1.10. The fourth-order valence-corrected chi connectivity index (χ4v) is 1.62. The zero-order chi connectivity index (χ0) is 10.4. The summed E-state index contributed by atoms with van der Waals surface area (Å²) in [6.07, 6.45) is 3.69. The standard InChI is InChI=1S/C9H6N4O2/c14-9(15)13-3-5-1-7-6(2-10-12-7)8(4-13)11-5/h1-4,11H,(H,14,15)/p+1. The van der Waals surface area contributed by atoms with Crippen LogP contribution in [0.15, 0.2) is 18.5 Å². The monoisotopic (exact) mass is 203 g/mol. The Hall–Kier alpha value is -2.37. The van der Waals surface area contributed by atoms with Gasteiger partial charge in [-0.25, -0.2) is 4.98 Å². The van der Waals surface area contributed by atoms with E-state index in [1.54, 1.807) is 12.3 Å². The maximum absolute atomic E-state index is 10.8. The van der Waals surface area contributed by atoms with Gasteiger partial charge in [-0.05, 0) is 6.07 Å². The lowest BCUT2D eigenvalue weighted by atomic mass is 10.2. The maximum atomic E-state index is 10.8. The van der Waals surface area contributed by atoms with Gasteiger partial charge in [-0.1, -0.05) is 4.57 Å². The SMILES string of the molecule is O=C(O)[n+]1cc2cc3c(c(c1)n2)=CNN3. The van der Waals surface area contributed by atoms with Gasteiger partial charge in [0.15, 0.2) is 0 Å². The number of carbonyl (C=O) groups is 1. The fourth-order valence-electron chi connectivity index (χ4n) is 1.62. The predicted molar refractivity (Wildman–Crippen MR) is 51.8 cm³/mol. The van der Waals surface area contributed by atoms with E-state index in [4.69, 9.17) is 5.11 Å². The van der Waals surface area contributed by atoms with E-state index < -0.39 is 6.09 Å². The van der Waals surface area contributed by atoms with Crippen LogP contribution in [0.25, 0.3) is 17.2 Å². The number of rotatable bonds is 0. The molecule has 3 rings (SSSR count). The van der Waals surface area contributed by atoms with Crippen molar-refractivity contribution in [3.05, 3.63) is 23.7 Å². The first-order chi connectivity index (χ1) is 7.24. The molecule has 1 aliphatic rings. The number of nitrogens with one attached hydrogen (secondary N) is 2. The fraction of sp³-hybridized carbons (Fsp3) is 0. The molecule has 1 aliphatic heterocycles. The second-order valence-electron chi connectivity index (χ2n) is 3.26. The predicted octanol–water partition coefficient (Wildman–Crippen LogP) is -0.565. The average Bonchev–Trinajstić information content (AvgIpc) is 2.65. The Kier molecular flexibility index (Phi) is 1.37. The van der Waals surface area contributed by atoms with Crippen LogP contribution in [0, 0.1) is 0 Å². The Morgan fingerprint density at radius 3 is 3.13 bits per heavy atom. The second kappa shape index (κ2) is 2.57. The van der Waals surface area contributed by atoms with Crippen LogP contribution in [0.5, 0.6) is 0 Å². The molecule has 3 heterocycles. The molecule has 0 aliphatic carbocycles. The van der Waals surface area contributed by atoms with E-state index in [0.717, 1.165) is 15.5 Å². The van der Waals surface area contributed by atoms with Crippen LogP contribution in [-0.4, -0.2) is 16.2 Å². The van der Waals surface area contributed by atoms with Gasteiger partial charge in [-0.3, -0.25) is 0 Å². The van der Waals surface area contributed by atoms with E-state index in [0.29, 0.717) is 11.0 Å². The first-order valence-electron chi connectivity index (χ1n) is 4.35. The molecule has 15 heavy (non-hydrogen) atoms. The van der Waals surface area contributed by atoms with Crippen LogP contribution in [0.2, 0.25) is 0 Å². The largest absolute Gasteiger partial charge is 0.599 e. The Morgan fingerprint density at radius 2 is 2.33 bits per heavy atom. The van der Waals surface area contributed by atoms with E-state index in [2.05, 4.69) is 15.8 Å². The van der Waals surface area contributed by atoms with Gasteiger partial charge in [-0.2, -0.15) is 4.79 Å². The van der Waals surface area contributed by atoms with Crippen molar-refractivity contribution in [2.45, 2.75) is 0 Å². The van der Waals surface area contributed by atoms with Gasteiger partial charge in [0.2, 0.25) is 12.4 Å². The van der Waals surface area contributed by atoms with E-state index in [9.17, 15) is 4.79 Å². The third kappa shape index (κ3) is 1.08.